The molecule has 0 aliphatic heterocycles. The lowest BCUT2D eigenvalue weighted by Gasteiger charge is -2.23. The fourth-order valence-electron chi connectivity index (χ4n) is 2.24. The van der Waals surface area contributed by atoms with E-state index in [2.05, 4.69) is 5.32 Å². The van der Waals surface area contributed by atoms with Crippen LogP contribution >= 0.6 is 0 Å². The van der Waals surface area contributed by atoms with Gasteiger partial charge in [0, 0.05) is 13.6 Å². The van der Waals surface area contributed by atoms with Gasteiger partial charge in [-0.2, -0.15) is 0 Å². The summed E-state index contributed by atoms with van der Waals surface area (Å²) in [7, 11) is 1.68. The summed E-state index contributed by atoms with van der Waals surface area (Å²) in [5.41, 5.74) is 0. The summed E-state index contributed by atoms with van der Waals surface area (Å²) >= 11 is 0. The fourth-order valence-corrected chi connectivity index (χ4v) is 2.24. The second kappa shape index (κ2) is 9.15. The Morgan fingerprint density at radius 1 is 1.37 bits per heavy atom. The van der Waals surface area contributed by atoms with Crippen LogP contribution in [0.15, 0.2) is 0 Å². The molecule has 1 aliphatic carbocycles. The highest BCUT2D eigenvalue weighted by Gasteiger charge is 2.15. The maximum absolute atomic E-state index is 11.7. The lowest BCUT2D eigenvalue weighted by atomic mass is 10.1. The van der Waals surface area contributed by atoms with Crippen molar-refractivity contribution < 1.29 is 14.6 Å². The van der Waals surface area contributed by atoms with Gasteiger partial charge in [-0.05, 0) is 19.8 Å². The van der Waals surface area contributed by atoms with E-state index in [-0.39, 0.29) is 18.7 Å². The molecule has 0 aromatic heterocycles. The molecule has 112 valence electrons. The lowest BCUT2D eigenvalue weighted by molar-refractivity contribution is 0.0452. The Morgan fingerprint density at radius 2 is 2.00 bits per heavy atom. The molecule has 2 amide bonds. The molecule has 1 atom stereocenters. The third-order valence-corrected chi connectivity index (χ3v) is 3.78. The number of nitrogens with zero attached hydrogens (tertiary/aromatic N) is 1. The summed E-state index contributed by atoms with van der Waals surface area (Å²) in [6.45, 7) is 2.87. The highest BCUT2D eigenvalue weighted by molar-refractivity contribution is 5.74. The first kappa shape index (κ1) is 16.2. The van der Waals surface area contributed by atoms with E-state index in [1.165, 1.54) is 30.6 Å². The number of hydrogen-bond acceptors (Lipinski definition) is 3. The summed E-state index contributed by atoms with van der Waals surface area (Å²) in [6, 6.07) is -0.325. The predicted molar refractivity (Wildman–Crippen MR) is 75.2 cm³/mol. The maximum atomic E-state index is 11.7. The second-order valence-corrected chi connectivity index (χ2v) is 5.36. The SMILES string of the molecule is CC(CO)N(C)C(=O)NCCOC1CCCCCC1. The first-order chi connectivity index (χ1) is 9.15. The minimum absolute atomic E-state index is 0.0253. The van der Waals surface area contributed by atoms with Crippen molar-refractivity contribution in [2.45, 2.75) is 57.6 Å². The van der Waals surface area contributed by atoms with E-state index in [0.717, 1.165) is 12.8 Å². The van der Waals surface area contributed by atoms with Crippen LogP contribution in [0, 0.1) is 0 Å². The quantitative estimate of drug-likeness (QED) is 0.572. The van der Waals surface area contributed by atoms with Crippen molar-refractivity contribution >= 4 is 6.03 Å². The van der Waals surface area contributed by atoms with E-state index in [1.54, 1.807) is 7.05 Å². The molecule has 1 unspecified atom stereocenters. The first-order valence-electron chi connectivity index (χ1n) is 7.38. The van der Waals surface area contributed by atoms with Crippen molar-refractivity contribution in [1.82, 2.24) is 10.2 Å². The number of carbonyl (C=O) groups excluding carboxylic acids is 1. The van der Waals surface area contributed by atoms with Gasteiger partial charge in [-0.15, -0.1) is 0 Å². The Hall–Kier alpha value is -0.810. The zero-order chi connectivity index (χ0) is 14.1. The molecule has 1 rings (SSSR count). The molecule has 0 heterocycles. The van der Waals surface area contributed by atoms with Crippen LogP contribution < -0.4 is 5.32 Å². The topological polar surface area (TPSA) is 61.8 Å². The Labute approximate surface area is 116 Å². The monoisotopic (exact) mass is 272 g/mol. The number of hydrogen-bond donors (Lipinski definition) is 2. The number of ether oxygens (including phenoxy) is 1. The van der Waals surface area contributed by atoms with Gasteiger partial charge in [0.05, 0.1) is 25.4 Å². The van der Waals surface area contributed by atoms with Crippen molar-refractivity contribution in [2.75, 3.05) is 26.8 Å². The molecular weight excluding hydrogens is 244 g/mol. The van der Waals surface area contributed by atoms with Gasteiger partial charge >= 0.3 is 6.03 Å². The van der Waals surface area contributed by atoms with Gasteiger partial charge in [0.15, 0.2) is 0 Å². The highest BCUT2D eigenvalue weighted by Crippen LogP contribution is 2.19. The van der Waals surface area contributed by atoms with Gasteiger partial charge in [-0.25, -0.2) is 4.79 Å². The van der Waals surface area contributed by atoms with Crippen LogP contribution in [0.3, 0.4) is 0 Å². The average Bonchev–Trinajstić information content (AvgIpc) is 2.70. The van der Waals surface area contributed by atoms with Crippen LogP contribution in [0.4, 0.5) is 4.79 Å². The van der Waals surface area contributed by atoms with Gasteiger partial charge in [0.1, 0.15) is 0 Å². The van der Waals surface area contributed by atoms with Crippen molar-refractivity contribution in [2.24, 2.45) is 0 Å². The fraction of sp³-hybridized carbons (Fsp3) is 0.929. The van der Waals surface area contributed by atoms with Gasteiger partial charge in [0.25, 0.3) is 0 Å². The van der Waals surface area contributed by atoms with Crippen LogP contribution in [0.1, 0.15) is 45.4 Å². The number of aliphatic hydroxyl groups excluding tert-OH is 1. The number of rotatable bonds is 6. The molecule has 0 saturated heterocycles. The number of likely N-dealkylation sites (N-methyl/N-ethyl adjacent to an activating group) is 1. The van der Waals surface area contributed by atoms with Crippen molar-refractivity contribution in [3.8, 4) is 0 Å². The van der Waals surface area contributed by atoms with Crippen molar-refractivity contribution in [1.29, 1.82) is 0 Å². The number of nitrogens with one attached hydrogen (secondary N) is 1. The van der Waals surface area contributed by atoms with Crippen LogP contribution in [-0.4, -0.2) is 55.0 Å². The summed E-state index contributed by atoms with van der Waals surface area (Å²) in [6.07, 6.45) is 7.82. The Balaban J connectivity index is 2.10. The van der Waals surface area contributed by atoms with E-state index in [4.69, 9.17) is 9.84 Å². The second-order valence-electron chi connectivity index (χ2n) is 5.36. The zero-order valence-electron chi connectivity index (χ0n) is 12.2. The van der Waals surface area contributed by atoms with Crippen LogP contribution in [-0.2, 0) is 4.74 Å². The highest BCUT2D eigenvalue weighted by atomic mass is 16.5. The molecule has 0 spiro atoms. The average molecular weight is 272 g/mol. The Bertz CT molecular complexity index is 253. The van der Waals surface area contributed by atoms with Gasteiger partial charge < -0.3 is 20.1 Å². The molecule has 1 fully saturated rings. The minimum Gasteiger partial charge on any atom is -0.394 e. The summed E-state index contributed by atoms with van der Waals surface area (Å²) < 4.78 is 5.80. The van der Waals surface area contributed by atoms with Gasteiger partial charge in [-0.1, -0.05) is 25.7 Å². The van der Waals surface area contributed by atoms with Gasteiger partial charge in [-0.3, -0.25) is 0 Å². The summed E-state index contributed by atoms with van der Waals surface area (Å²) in [5.74, 6) is 0. The van der Waals surface area contributed by atoms with E-state index in [9.17, 15) is 4.79 Å². The smallest absolute Gasteiger partial charge is 0.317 e. The predicted octanol–water partition coefficient (Wildman–Crippen LogP) is 1.75. The molecule has 1 aliphatic rings. The summed E-state index contributed by atoms with van der Waals surface area (Å²) in [4.78, 5) is 13.2. The largest absolute Gasteiger partial charge is 0.394 e. The number of carbonyl (C=O) groups is 1. The van der Waals surface area contributed by atoms with E-state index < -0.39 is 0 Å². The van der Waals surface area contributed by atoms with E-state index >= 15 is 0 Å². The Kier molecular flexibility index (Phi) is 7.82. The molecule has 0 bridgehead atoms. The maximum Gasteiger partial charge on any atom is 0.317 e. The van der Waals surface area contributed by atoms with E-state index in [1.807, 2.05) is 6.92 Å². The van der Waals surface area contributed by atoms with Crippen molar-refractivity contribution in [3.63, 3.8) is 0 Å². The normalized spacial score (nSPS) is 18.7. The van der Waals surface area contributed by atoms with Crippen LogP contribution in [0.25, 0.3) is 0 Å². The standard InChI is InChI=1S/C14H28N2O3/c1-12(11-17)16(2)14(18)15-9-10-19-13-7-5-3-4-6-8-13/h12-13,17H,3-11H2,1-2H3,(H,15,18). The molecule has 5 heteroatoms. The van der Waals surface area contributed by atoms with Crippen LogP contribution in [0.5, 0.6) is 0 Å². The summed E-state index contributed by atoms with van der Waals surface area (Å²) in [5, 5.41) is 11.8. The molecule has 0 radical (unpaired) electrons. The Morgan fingerprint density at radius 3 is 2.58 bits per heavy atom. The van der Waals surface area contributed by atoms with Gasteiger partial charge in [0.2, 0.25) is 0 Å². The molecule has 0 aromatic rings. The van der Waals surface area contributed by atoms with Crippen LogP contribution in [0.2, 0.25) is 0 Å². The van der Waals surface area contributed by atoms with Crippen molar-refractivity contribution in [3.05, 3.63) is 0 Å². The van der Waals surface area contributed by atoms with E-state index in [0.29, 0.717) is 19.3 Å². The molecule has 5 nitrogen and oxygen atoms in total. The number of amides is 2. The zero-order valence-corrected chi connectivity index (χ0v) is 12.2. The number of urea groups is 1. The first-order valence-corrected chi connectivity index (χ1v) is 7.38. The third kappa shape index (κ3) is 6.25. The third-order valence-electron chi connectivity index (χ3n) is 3.78. The molecule has 2 N–H and O–H groups in total. The minimum atomic E-state index is -0.164. The lowest BCUT2D eigenvalue weighted by Crippen LogP contribution is -2.44. The molecule has 19 heavy (non-hydrogen) atoms. The molecular formula is C14H28N2O3. The molecule has 1 saturated carbocycles. The number of aliphatic hydroxyl groups is 1. The molecule has 0 aromatic carbocycles.